The van der Waals surface area contributed by atoms with E-state index in [9.17, 15) is 20.0 Å². The topological polar surface area (TPSA) is 231 Å². The first-order chi connectivity index (χ1) is 20.5. The summed E-state index contributed by atoms with van der Waals surface area (Å²) in [6.45, 7) is 5.86. The van der Waals surface area contributed by atoms with Gasteiger partial charge in [-0.3, -0.25) is 18.4 Å². The van der Waals surface area contributed by atoms with Crippen molar-refractivity contribution in [2.45, 2.75) is 63.8 Å². The molecule has 1 saturated heterocycles. The summed E-state index contributed by atoms with van der Waals surface area (Å²) in [5.74, 6) is -0.667. The number of ether oxygens (including phenoxy) is 3. The van der Waals surface area contributed by atoms with Crippen LogP contribution in [0.5, 0.6) is 5.88 Å². The maximum Gasteiger partial charge on any atom is 0.406 e. The molecule has 18 heteroatoms. The van der Waals surface area contributed by atoms with Gasteiger partial charge in [0.15, 0.2) is 17.4 Å². The summed E-state index contributed by atoms with van der Waals surface area (Å²) in [5.41, 5.74) is 14.7. The van der Waals surface area contributed by atoms with E-state index in [0.29, 0.717) is 5.56 Å². The van der Waals surface area contributed by atoms with Gasteiger partial charge >= 0.3 is 13.7 Å². The van der Waals surface area contributed by atoms with Crippen LogP contribution in [0.2, 0.25) is 0 Å². The minimum absolute atomic E-state index is 0.109. The van der Waals surface area contributed by atoms with Crippen LogP contribution in [0.25, 0.3) is 21.6 Å². The number of anilines is 1. The zero-order valence-corrected chi connectivity index (χ0v) is 25.1. The first-order valence-corrected chi connectivity index (χ1v) is 14.9. The third kappa shape index (κ3) is 6.73. The summed E-state index contributed by atoms with van der Waals surface area (Å²) in [6, 6.07) is 7.91. The van der Waals surface area contributed by atoms with Crippen molar-refractivity contribution in [3.05, 3.63) is 52.7 Å². The fourth-order valence-electron chi connectivity index (χ4n) is 4.62. The lowest BCUT2D eigenvalue weighted by atomic mass is 9.93. The lowest BCUT2D eigenvalue weighted by molar-refractivity contribution is -0.144. The number of nitrogens with one attached hydrogen (secondary N) is 1. The second kappa shape index (κ2) is 13.2. The van der Waals surface area contributed by atoms with Crippen LogP contribution < -0.4 is 15.6 Å². The van der Waals surface area contributed by atoms with Gasteiger partial charge in [-0.2, -0.15) is 9.97 Å². The Labute approximate surface area is 246 Å². The van der Waals surface area contributed by atoms with Crippen molar-refractivity contribution in [1.29, 1.82) is 0 Å². The molecule has 232 valence electrons. The number of benzene rings is 1. The molecule has 1 aliphatic heterocycles. The highest BCUT2D eigenvalue weighted by Gasteiger charge is 2.55. The van der Waals surface area contributed by atoms with E-state index in [0.717, 1.165) is 0 Å². The van der Waals surface area contributed by atoms with Gasteiger partial charge < -0.3 is 25.1 Å². The van der Waals surface area contributed by atoms with Gasteiger partial charge in [0.25, 0.3) is 0 Å². The predicted octanol–water partition coefficient (Wildman–Crippen LogP) is 3.19. The number of fused-ring (bicyclic) bond motifs is 1. The normalized spacial score (nSPS) is 24.6. The molecule has 4 N–H and O–H groups in total. The molecule has 1 aromatic carbocycles. The second-order valence-corrected chi connectivity index (χ2v) is 11.6. The standard InChI is InChI=1S/C25H34N9O8P/c1-6-39-22(36)14(2)31-43(37,42-15(3)16-10-8-7-9-11-16)40-12-17-19(35)25(4,32-33-27)23(41-17)34-13-28-18-20(34)29-24(26)30-21(18)38-5/h7-11,13-15,17,19,23,35H,6,12H2,1-5H3,(H,31,37)(H2,26,29,30)/t14-,15-,17+,19+,23+,25?,43?/m0/s1. The maximum atomic E-state index is 14.0. The lowest BCUT2D eigenvalue weighted by Gasteiger charge is -2.28. The summed E-state index contributed by atoms with van der Waals surface area (Å²) in [6.07, 6.45) is -3.18. The molecule has 7 atom stereocenters. The van der Waals surface area contributed by atoms with Gasteiger partial charge in [0.1, 0.15) is 17.7 Å². The molecule has 1 fully saturated rings. The number of hydrogen-bond acceptors (Lipinski definition) is 13. The molecular formula is C25H34N9O8P. The largest absolute Gasteiger partial charge is 0.479 e. The van der Waals surface area contributed by atoms with Crippen LogP contribution >= 0.6 is 7.75 Å². The fraction of sp³-hybridized carbons (Fsp3) is 0.520. The average molecular weight is 620 g/mol. The molecule has 0 saturated carbocycles. The van der Waals surface area contributed by atoms with Crippen LogP contribution in [0, 0.1) is 0 Å². The molecule has 0 radical (unpaired) electrons. The van der Waals surface area contributed by atoms with Crippen molar-refractivity contribution < 1.29 is 37.7 Å². The minimum Gasteiger partial charge on any atom is -0.479 e. The molecule has 3 heterocycles. The number of aromatic nitrogens is 4. The Hall–Kier alpha value is -3.82. The molecule has 2 unspecified atom stereocenters. The molecule has 2 aromatic heterocycles. The molecule has 4 rings (SSSR count). The number of azide groups is 1. The number of methoxy groups -OCH3 is 1. The zero-order valence-electron chi connectivity index (χ0n) is 24.2. The molecule has 0 amide bonds. The van der Waals surface area contributed by atoms with Crippen molar-refractivity contribution in [1.82, 2.24) is 24.6 Å². The van der Waals surface area contributed by atoms with Gasteiger partial charge in [0, 0.05) is 4.91 Å². The van der Waals surface area contributed by atoms with E-state index in [-0.39, 0.29) is 29.6 Å². The summed E-state index contributed by atoms with van der Waals surface area (Å²) in [4.78, 5) is 27.7. The van der Waals surface area contributed by atoms with Gasteiger partial charge in [-0.15, -0.1) is 0 Å². The number of nitrogens with zero attached hydrogens (tertiary/aromatic N) is 7. The third-order valence-electron chi connectivity index (χ3n) is 6.83. The minimum atomic E-state index is -4.27. The van der Waals surface area contributed by atoms with Crippen LogP contribution in [0.4, 0.5) is 5.95 Å². The number of nitrogen functional groups attached to an aromatic ring is 1. The summed E-state index contributed by atoms with van der Waals surface area (Å²) in [5, 5.41) is 17.8. The van der Waals surface area contributed by atoms with E-state index < -0.39 is 56.4 Å². The predicted molar refractivity (Wildman–Crippen MR) is 152 cm³/mol. The SMILES string of the molecule is CCOC(=O)[C@H](C)NP(=O)(OC[C@H]1O[C@@H](n2cnc3c(OC)nc(N)nc32)C(C)(N=[N+]=[N-])[C@@H]1O)O[C@@H](C)c1ccccc1. The van der Waals surface area contributed by atoms with Crippen LogP contribution in [0.3, 0.4) is 0 Å². The van der Waals surface area contributed by atoms with Crippen LogP contribution in [-0.4, -0.2) is 74.7 Å². The Morgan fingerprint density at radius 3 is 2.72 bits per heavy atom. The first kappa shape index (κ1) is 32.1. The number of hydrogen-bond donors (Lipinski definition) is 3. The number of rotatable bonds is 13. The van der Waals surface area contributed by atoms with Crippen LogP contribution in [0.15, 0.2) is 41.8 Å². The molecule has 0 aliphatic carbocycles. The molecule has 17 nitrogen and oxygen atoms in total. The Morgan fingerprint density at radius 2 is 2.07 bits per heavy atom. The van der Waals surface area contributed by atoms with Gasteiger partial charge in [0.05, 0.1) is 38.9 Å². The number of carbonyl (C=O) groups is 1. The van der Waals surface area contributed by atoms with E-state index in [2.05, 4.69) is 30.1 Å². The Morgan fingerprint density at radius 1 is 1.35 bits per heavy atom. The average Bonchev–Trinajstić information content (AvgIpc) is 3.50. The highest BCUT2D eigenvalue weighted by atomic mass is 31.2. The number of carbonyl (C=O) groups excluding carboxylic acids is 1. The maximum absolute atomic E-state index is 14.0. The lowest BCUT2D eigenvalue weighted by Crippen LogP contribution is -2.43. The van der Waals surface area contributed by atoms with E-state index >= 15 is 0 Å². The van der Waals surface area contributed by atoms with Crippen molar-refractivity contribution in [2.75, 3.05) is 26.1 Å². The van der Waals surface area contributed by atoms with Gasteiger partial charge in [-0.05, 0) is 38.8 Å². The van der Waals surface area contributed by atoms with Gasteiger partial charge in [-0.25, -0.2) is 14.6 Å². The fourth-order valence-corrected chi connectivity index (χ4v) is 6.28. The highest BCUT2D eigenvalue weighted by Crippen LogP contribution is 2.50. The number of esters is 1. The zero-order chi connectivity index (χ0) is 31.4. The summed E-state index contributed by atoms with van der Waals surface area (Å²) < 4.78 is 43.4. The summed E-state index contributed by atoms with van der Waals surface area (Å²) in [7, 11) is -2.87. The van der Waals surface area contributed by atoms with Crippen LogP contribution in [-0.2, 0) is 27.9 Å². The number of imidazole rings is 1. The molecule has 1 aliphatic rings. The first-order valence-electron chi connectivity index (χ1n) is 13.3. The quantitative estimate of drug-likeness (QED) is 0.0821. The Bertz CT molecular complexity index is 1540. The molecule has 0 spiro atoms. The molecular weight excluding hydrogens is 585 g/mol. The molecule has 43 heavy (non-hydrogen) atoms. The summed E-state index contributed by atoms with van der Waals surface area (Å²) >= 11 is 0. The van der Waals surface area contributed by atoms with Crippen molar-refractivity contribution in [2.24, 2.45) is 5.11 Å². The van der Waals surface area contributed by atoms with E-state index in [1.165, 1.54) is 31.9 Å². The van der Waals surface area contributed by atoms with Crippen molar-refractivity contribution in [3.63, 3.8) is 0 Å². The van der Waals surface area contributed by atoms with E-state index in [4.69, 9.17) is 29.0 Å². The molecule has 0 bridgehead atoms. The van der Waals surface area contributed by atoms with E-state index in [1.807, 2.05) is 6.07 Å². The van der Waals surface area contributed by atoms with Crippen molar-refractivity contribution >= 4 is 30.8 Å². The molecule has 3 aromatic rings. The highest BCUT2D eigenvalue weighted by molar-refractivity contribution is 7.51. The smallest absolute Gasteiger partial charge is 0.406 e. The van der Waals surface area contributed by atoms with Gasteiger partial charge in [0.2, 0.25) is 11.8 Å². The van der Waals surface area contributed by atoms with Crippen molar-refractivity contribution in [3.8, 4) is 5.88 Å². The van der Waals surface area contributed by atoms with Gasteiger partial charge in [-0.1, -0.05) is 35.4 Å². The number of aliphatic hydroxyl groups excluding tert-OH is 1. The Balaban J connectivity index is 1.62. The second-order valence-electron chi connectivity index (χ2n) is 9.86. The number of aliphatic hydroxyl groups is 1. The van der Waals surface area contributed by atoms with E-state index in [1.54, 1.807) is 38.1 Å². The monoisotopic (exact) mass is 619 g/mol. The Kier molecular flexibility index (Phi) is 9.87. The number of nitrogens with two attached hydrogens (primary N) is 1. The van der Waals surface area contributed by atoms with Crippen LogP contribution in [0.1, 0.15) is 45.6 Å². The third-order valence-corrected chi connectivity index (χ3v) is 8.62.